The van der Waals surface area contributed by atoms with Crippen molar-refractivity contribution >= 4 is 43.2 Å². The topological polar surface area (TPSA) is 17.1 Å². The molecule has 0 heterocycles. The van der Waals surface area contributed by atoms with Crippen LogP contribution in [-0.2, 0) is 3.83 Å². The molecule has 0 bridgehead atoms. The van der Waals surface area contributed by atoms with Gasteiger partial charge in [0.05, 0.1) is 0 Å². The Hall–Kier alpha value is 0.982. The summed E-state index contributed by atoms with van der Waals surface area (Å²) >= 11 is 1.38. The molecule has 0 aliphatic carbocycles. The zero-order chi connectivity index (χ0) is 2.00. The quantitative estimate of drug-likeness (QED) is 0.358. The third-order valence-electron chi connectivity index (χ3n) is 0. The van der Waals surface area contributed by atoms with Gasteiger partial charge in [0.2, 0.25) is 0 Å². The molecule has 4 radical (unpaired) electrons. The molecule has 0 aromatic heterocycles. The summed E-state index contributed by atoms with van der Waals surface area (Å²) in [5.41, 5.74) is 0. The largest absolute Gasteiger partial charge is 0 e. The predicted molar refractivity (Wildman–Crippen MR) is 17.9 cm³/mol. The molecular formula is BLiOSe. The van der Waals surface area contributed by atoms with Gasteiger partial charge in [-0.2, -0.15) is 0 Å². The van der Waals surface area contributed by atoms with Crippen molar-refractivity contribution in [1.29, 1.82) is 0 Å². The maximum absolute atomic E-state index is 8.12. The second-order valence-corrected chi connectivity index (χ2v) is 0. The van der Waals surface area contributed by atoms with E-state index in [1.54, 1.807) is 0 Å². The van der Waals surface area contributed by atoms with Crippen LogP contribution in [0.2, 0.25) is 0 Å². The Kier molecular flexibility index (Phi) is 185. The van der Waals surface area contributed by atoms with E-state index in [0.29, 0.717) is 0 Å². The van der Waals surface area contributed by atoms with Crippen molar-refractivity contribution in [3.05, 3.63) is 0 Å². The van der Waals surface area contributed by atoms with E-state index in [4.69, 9.17) is 3.83 Å². The van der Waals surface area contributed by atoms with Crippen molar-refractivity contribution in [2.24, 2.45) is 0 Å². The van der Waals surface area contributed by atoms with Gasteiger partial charge in [0.25, 0.3) is 0 Å². The number of hydrogen-bond acceptors (Lipinski definition) is 1. The summed E-state index contributed by atoms with van der Waals surface area (Å²) in [5, 5.41) is 0. The Morgan fingerprint density at radius 1 is 1.25 bits per heavy atom. The Balaban J connectivity index is -0.00000000500. The second-order valence-electron chi connectivity index (χ2n) is 0. The van der Waals surface area contributed by atoms with Crippen molar-refractivity contribution < 1.29 is 3.83 Å². The Labute approximate surface area is 47.3 Å². The molecule has 0 rings (SSSR count). The molecule has 1 nitrogen and oxygen atoms in total. The minimum Gasteiger partial charge on any atom is 0 e. The molecule has 0 saturated heterocycles. The Bertz CT molecular complexity index is 8.00. The van der Waals surface area contributed by atoms with Crippen LogP contribution in [0.3, 0.4) is 0 Å². The molecular weight excluding hydrogens is 113 g/mol. The molecule has 0 N–H and O–H groups in total. The van der Waals surface area contributed by atoms with Gasteiger partial charge in [0, 0.05) is 27.3 Å². The van der Waals surface area contributed by atoms with Crippen LogP contribution in [-0.4, -0.2) is 43.2 Å². The van der Waals surface area contributed by atoms with Gasteiger partial charge in [-0.25, -0.2) is 0 Å². The van der Waals surface area contributed by atoms with Gasteiger partial charge in [-0.1, -0.05) is 0 Å². The van der Waals surface area contributed by atoms with Crippen LogP contribution in [0, 0.1) is 0 Å². The van der Waals surface area contributed by atoms with Gasteiger partial charge in [0.15, 0.2) is 0 Å². The monoisotopic (exact) mass is 114 g/mol. The summed E-state index contributed by atoms with van der Waals surface area (Å²) < 4.78 is 8.12. The van der Waals surface area contributed by atoms with Gasteiger partial charge in [-0.05, 0) is 0 Å². The first-order valence-corrected chi connectivity index (χ1v) is 0.866. The van der Waals surface area contributed by atoms with Crippen molar-refractivity contribution in [1.82, 2.24) is 0 Å². The van der Waals surface area contributed by atoms with Gasteiger partial charge in [-0.3, -0.25) is 0 Å². The summed E-state index contributed by atoms with van der Waals surface area (Å²) in [6.45, 7) is 0. The third kappa shape index (κ3) is 12.1. The van der Waals surface area contributed by atoms with E-state index in [2.05, 4.69) is 0 Å². The fourth-order valence-electron chi connectivity index (χ4n) is 0. The van der Waals surface area contributed by atoms with E-state index < -0.39 is 0 Å². The molecule has 0 aromatic carbocycles. The average molecular weight is 113 g/mol. The number of rotatable bonds is 0. The molecule has 4 heavy (non-hydrogen) atoms. The van der Waals surface area contributed by atoms with Crippen LogP contribution in [0.1, 0.15) is 0 Å². The summed E-state index contributed by atoms with van der Waals surface area (Å²) in [7, 11) is 0. The molecule has 16 valence electrons. The first kappa shape index (κ1) is 20.1. The summed E-state index contributed by atoms with van der Waals surface area (Å²) in [6, 6.07) is 0. The molecule has 0 amide bonds. The minimum absolute atomic E-state index is 0. The number of hydrogen-bond donors (Lipinski definition) is 0. The first-order valence-electron chi connectivity index (χ1n) is 0.167. The SMILES string of the molecule is O=[Se].[B].[Li]. The molecule has 0 aliphatic heterocycles. The first-order chi connectivity index (χ1) is 1.00. The summed E-state index contributed by atoms with van der Waals surface area (Å²) in [6.07, 6.45) is 0. The van der Waals surface area contributed by atoms with E-state index in [-0.39, 0.29) is 27.3 Å². The maximum atomic E-state index is 8.12. The molecule has 0 spiro atoms. The molecule has 0 atom stereocenters. The standard InChI is InChI=1S/B.Li.OSe/c;;1-2. The van der Waals surface area contributed by atoms with Crippen LogP contribution in [0.5, 0.6) is 0 Å². The fraction of sp³-hybridized carbons (Fsp3) is 0. The van der Waals surface area contributed by atoms with Crippen LogP contribution >= 0.6 is 0 Å². The van der Waals surface area contributed by atoms with E-state index in [9.17, 15) is 0 Å². The molecule has 0 fully saturated rings. The Morgan fingerprint density at radius 2 is 1.25 bits per heavy atom. The van der Waals surface area contributed by atoms with Gasteiger partial charge in [-0.15, -0.1) is 0 Å². The van der Waals surface area contributed by atoms with E-state index in [1.165, 1.54) is 15.9 Å². The zero-order valence-corrected chi connectivity index (χ0v) is 4.11. The molecule has 0 unspecified atom stereocenters. The van der Waals surface area contributed by atoms with Crippen molar-refractivity contribution in [2.75, 3.05) is 0 Å². The third-order valence-corrected chi connectivity index (χ3v) is 0. The van der Waals surface area contributed by atoms with Gasteiger partial charge >= 0.3 is 19.8 Å². The molecule has 4 heteroatoms. The summed E-state index contributed by atoms with van der Waals surface area (Å²) in [4.78, 5) is 0. The van der Waals surface area contributed by atoms with Crippen LogP contribution in [0.25, 0.3) is 0 Å². The van der Waals surface area contributed by atoms with E-state index >= 15 is 0 Å². The van der Waals surface area contributed by atoms with Crippen LogP contribution in [0.15, 0.2) is 0 Å². The zero-order valence-electron chi connectivity index (χ0n) is 2.39. The van der Waals surface area contributed by atoms with Gasteiger partial charge in [0.1, 0.15) is 0 Å². The van der Waals surface area contributed by atoms with Gasteiger partial charge < -0.3 is 0 Å². The minimum atomic E-state index is 0. The van der Waals surface area contributed by atoms with Crippen LogP contribution < -0.4 is 0 Å². The average Bonchev–Trinajstić information content (AvgIpc) is 1.00. The van der Waals surface area contributed by atoms with Crippen LogP contribution in [0.4, 0.5) is 0 Å². The maximum Gasteiger partial charge on any atom is 0 e. The van der Waals surface area contributed by atoms with Crippen molar-refractivity contribution in [3.8, 4) is 0 Å². The summed E-state index contributed by atoms with van der Waals surface area (Å²) in [5.74, 6) is 0. The normalized spacial score (nSPS) is 1.00. The predicted octanol–water partition coefficient (Wildman–Crippen LogP) is -1.26. The molecule has 0 aliphatic rings. The molecule has 0 saturated carbocycles. The smallest absolute Gasteiger partial charge is 0 e. The Morgan fingerprint density at radius 3 is 1.25 bits per heavy atom. The van der Waals surface area contributed by atoms with E-state index in [0.717, 1.165) is 0 Å². The second kappa shape index (κ2) is 36.7. The fourth-order valence-corrected chi connectivity index (χ4v) is 0. The van der Waals surface area contributed by atoms with Crippen molar-refractivity contribution in [3.63, 3.8) is 0 Å². The molecule has 0 aromatic rings. The van der Waals surface area contributed by atoms with E-state index in [1.807, 2.05) is 0 Å². The van der Waals surface area contributed by atoms with Crippen molar-refractivity contribution in [2.45, 2.75) is 0 Å².